The molecular weight excluding hydrogens is 363 g/mol. The highest BCUT2D eigenvalue weighted by Gasteiger charge is 2.13. The summed E-state index contributed by atoms with van der Waals surface area (Å²) in [5.41, 5.74) is 0.441. The zero-order chi connectivity index (χ0) is 19.9. The summed E-state index contributed by atoms with van der Waals surface area (Å²) in [7, 11) is 1.86. The number of amides is 2. The molecule has 3 rings (SSSR count). The van der Waals surface area contributed by atoms with Crippen LogP contribution in [0.25, 0.3) is 0 Å². The summed E-state index contributed by atoms with van der Waals surface area (Å²) in [5.74, 6) is -0.232. The van der Waals surface area contributed by atoms with Gasteiger partial charge in [0.2, 0.25) is 0 Å². The Balaban J connectivity index is 1.48. The predicted molar refractivity (Wildman–Crippen MR) is 101 cm³/mol. The van der Waals surface area contributed by atoms with Gasteiger partial charge >= 0.3 is 11.8 Å². The number of hydrogen-bond donors (Lipinski definition) is 2. The predicted octanol–water partition coefficient (Wildman–Crippen LogP) is 2.65. The van der Waals surface area contributed by atoms with Crippen LogP contribution in [0.15, 0.2) is 60.9 Å². The van der Waals surface area contributed by atoms with Gasteiger partial charge in [-0.05, 0) is 36.4 Å². The zero-order valence-electron chi connectivity index (χ0n) is 15.2. The summed E-state index contributed by atoms with van der Waals surface area (Å²) >= 11 is 0. The molecule has 0 unspecified atom stereocenters. The van der Waals surface area contributed by atoms with Crippen molar-refractivity contribution in [1.29, 1.82) is 0 Å². The van der Waals surface area contributed by atoms with Crippen molar-refractivity contribution in [2.24, 2.45) is 7.05 Å². The SMILES string of the molecule is Cn1ccnc1CCNC(=O)C(=O)Nc1ccc(Oc2cccc(F)c2)cc1. The summed E-state index contributed by atoms with van der Waals surface area (Å²) in [6.45, 7) is 0.303. The number of anilines is 1. The second kappa shape index (κ2) is 8.81. The van der Waals surface area contributed by atoms with Gasteiger partial charge in [-0.1, -0.05) is 6.07 Å². The smallest absolute Gasteiger partial charge is 0.313 e. The molecule has 0 spiro atoms. The molecule has 3 aromatic rings. The monoisotopic (exact) mass is 382 g/mol. The summed E-state index contributed by atoms with van der Waals surface area (Å²) in [4.78, 5) is 28.0. The van der Waals surface area contributed by atoms with E-state index in [1.54, 1.807) is 42.6 Å². The van der Waals surface area contributed by atoms with Crippen molar-refractivity contribution in [2.75, 3.05) is 11.9 Å². The molecule has 0 saturated heterocycles. The first-order chi connectivity index (χ1) is 13.5. The third kappa shape index (κ3) is 5.16. The van der Waals surface area contributed by atoms with Crippen molar-refractivity contribution in [3.63, 3.8) is 0 Å². The molecule has 0 fully saturated rings. The van der Waals surface area contributed by atoms with Gasteiger partial charge in [-0.2, -0.15) is 0 Å². The Labute approximate surface area is 161 Å². The molecule has 0 bridgehead atoms. The Hall–Kier alpha value is -3.68. The standard InChI is InChI=1S/C20H19FN4O3/c1-25-12-11-22-18(25)9-10-23-19(26)20(27)24-15-5-7-16(8-6-15)28-17-4-2-3-14(21)13-17/h2-8,11-13H,9-10H2,1H3,(H,23,26)(H,24,27). The van der Waals surface area contributed by atoms with E-state index in [2.05, 4.69) is 15.6 Å². The summed E-state index contributed by atoms with van der Waals surface area (Å²) in [5, 5.41) is 5.06. The highest BCUT2D eigenvalue weighted by atomic mass is 19.1. The second-order valence-electron chi connectivity index (χ2n) is 6.00. The lowest BCUT2D eigenvalue weighted by molar-refractivity contribution is -0.136. The molecule has 28 heavy (non-hydrogen) atoms. The van der Waals surface area contributed by atoms with Gasteiger partial charge in [0.05, 0.1) is 0 Å². The van der Waals surface area contributed by atoms with Gasteiger partial charge in [0.15, 0.2) is 0 Å². The summed E-state index contributed by atoms with van der Waals surface area (Å²) < 4.78 is 20.5. The van der Waals surface area contributed by atoms with Crippen molar-refractivity contribution in [3.8, 4) is 11.5 Å². The number of halogens is 1. The topological polar surface area (TPSA) is 85.2 Å². The number of ether oxygens (including phenoxy) is 1. The average molecular weight is 382 g/mol. The van der Waals surface area contributed by atoms with Crippen molar-refractivity contribution in [1.82, 2.24) is 14.9 Å². The molecule has 0 aliphatic carbocycles. The number of aryl methyl sites for hydroxylation is 1. The third-order valence-corrected chi connectivity index (χ3v) is 3.91. The maximum absolute atomic E-state index is 13.2. The lowest BCUT2D eigenvalue weighted by Gasteiger charge is -2.09. The van der Waals surface area contributed by atoms with E-state index in [0.29, 0.717) is 30.2 Å². The molecule has 2 N–H and O–H groups in total. The minimum Gasteiger partial charge on any atom is -0.457 e. The van der Waals surface area contributed by atoms with Crippen molar-refractivity contribution in [3.05, 3.63) is 72.6 Å². The van der Waals surface area contributed by atoms with E-state index >= 15 is 0 Å². The lowest BCUT2D eigenvalue weighted by Crippen LogP contribution is -2.36. The number of nitrogens with one attached hydrogen (secondary N) is 2. The fourth-order valence-corrected chi connectivity index (χ4v) is 2.47. The van der Waals surface area contributed by atoms with Gasteiger partial charge in [-0.15, -0.1) is 0 Å². The highest BCUT2D eigenvalue weighted by molar-refractivity contribution is 6.39. The minimum atomic E-state index is -0.765. The van der Waals surface area contributed by atoms with E-state index in [1.165, 1.54) is 12.1 Å². The van der Waals surface area contributed by atoms with E-state index in [9.17, 15) is 14.0 Å². The van der Waals surface area contributed by atoms with Crippen LogP contribution in [0, 0.1) is 5.82 Å². The first-order valence-corrected chi connectivity index (χ1v) is 8.60. The van der Waals surface area contributed by atoms with Crippen LogP contribution < -0.4 is 15.4 Å². The molecule has 7 nitrogen and oxygen atoms in total. The fraction of sp³-hybridized carbons (Fsp3) is 0.150. The molecular formula is C20H19FN4O3. The quantitative estimate of drug-likeness (QED) is 0.642. The molecule has 1 heterocycles. The van der Waals surface area contributed by atoms with Gasteiger partial charge < -0.3 is 19.9 Å². The number of imidazole rings is 1. The highest BCUT2D eigenvalue weighted by Crippen LogP contribution is 2.23. The van der Waals surface area contributed by atoms with Gasteiger partial charge in [0.1, 0.15) is 23.1 Å². The number of hydrogen-bond acceptors (Lipinski definition) is 4. The van der Waals surface area contributed by atoms with Gasteiger partial charge in [0, 0.05) is 44.2 Å². The molecule has 1 aromatic heterocycles. The van der Waals surface area contributed by atoms with E-state index in [0.717, 1.165) is 5.82 Å². The fourth-order valence-electron chi connectivity index (χ4n) is 2.47. The van der Waals surface area contributed by atoms with Crippen LogP contribution in [0.1, 0.15) is 5.82 Å². The van der Waals surface area contributed by atoms with E-state index in [4.69, 9.17) is 4.74 Å². The van der Waals surface area contributed by atoms with Crippen molar-refractivity contribution >= 4 is 17.5 Å². The molecule has 0 saturated carbocycles. The number of benzene rings is 2. The minimum absolute atomic E-state index is 0.303. The van der Waals surface area contributed by atoms with Crippen LogP contribution in [0.4, 0.5) is 10.1 Å². The van der Waals surface area contributed by atoms with Crippen LogP contribution in [-0.2, 0) is 23.1 Å². The maximum atomic E-state index is 13.2. The van der Waals surface area contributed by atoms with Crippen LogP contribution in [0.2, 0.25) is 0 Å². The molecule has 2 amide bonds. The third-order valence-electron chi connectivity index (χ3n) is 3.91. The van der Waals surface area contributed by atoms with Crippen LogP contribution in [0.3, 0.4) is 0 Å². The van der Waals surface area contributed by atoms with E-state index in [-0.39, 0.29) is 0 Å². The number of aromatic nitrogens is 2. The van der Waals surface area contributed by atoms with Crippen molar-refractivity contribution < 1.29 is 18.7 Å². The number of carbonyl (C=O) groups is 2. The molecule has 0 aliphatic heterocycles. The number of rotatable bonds is 6. The normalized spacial score (nSPS) is 10.4. The molecule has 0 radical (unpaired) electrons. The molecule has 2 aromatic carbocycles. The first-order valence-electron chi connectivity index (χ1n) is 8.60. The average Bonchev–Trinajstić information content (AvgIpc) is 3.08. The molecule has 8 heteroatoms. The Morgan fingerprint density at radius 1 is 1.11 bits per heavy atom. The van der Waals surface area contributed by atoms with Gasteiger partial charge in [-0.25, -0.2) is 9.37 Å². The van der Waals surface area contributed by atoms with Crippen LogP contribution >= 0.6 is 0 Å². The Kier molecular flexibility index (Phi) is 6.01. The van der Waals surface area contributed by atoms with Crippen LogP contribution in [-0.4, -0.2) is 27.9 Å². The summed E-state index contributed by atoms with van der Waals surface area (Å²) in [6, 6.07) is 12.2. The molecule has 144 valence electrons. The largest absolute Gasteiger partial charge is 0.457 e. The van der Waals surface area contributed by atoms with E-state index in [1.807, 2.05) is 17.8 Å². The Morgan fingerprint density at radius 3 is 2.57 bits per heavy atom. The van der Waals surface area contributed by atoms with Crippen molar-refractivity contribution in [2.45, 2.75) is 6.42 Å². The number of nitrogens with zero attached hydrogens (tertiary/aromatic N) is 2. The van der Waals surface area contributed by atoms with Gasteiger partial charge in [0.25, 0.3) is 0 Å². The first kappa shape index (κ1) is 19.1. The summed E-state index contributed by atoms with van der Waals surface area (Å²) in [6.07, 6.45) is 4.01. The molecule has 0 aliphatic rings. The zero-order valence-corrected chi connectivity index (χ0v) is 15.2. The van der Waals surface area contributed by atoms with E-state index < -0.39 is 17.6 Å². The molecule has 0 atom stereocenters. The lowest BCUT2D eigenvalue weighted by atomic mass is 10.3. The van der Waals surface area contributed by atoms with Gasteiger partial charge in [-0.3, -0.25) is 9.59 Å². The Morgan fingerprint density at radius 2 is 1.89 bits per heavy atom. The van der Waals surface area contributed by atoms with Crippen LogP contribution in [0.5, 0.6) is 11.5 Å². The Bertz CT molecular complexity index is 970. The maximum Gasteiger partial charge on any atom is 0.313 e. The number of carbonyl (C=O) groups excluding carboxylic acids is 2. The second-order valence-corrected chi connectivity index (χ2v) is 6.00.